The molecule has 0 fully saturated rings. The van der Waals surface area contributed by atoms with Crippen molar-refractivity contribution in [1.82, 2.24) is 0 Å². The lowest BCUT2D eigenvalue weighted by Crippen LogP contribution is -2.37. The minimum absolute atomic E-state index is 0.0360. The third-order valence-corrected chi connectivity index (χ3v) is 9.80. The van der Waals surface area contributed by atoms with Gasteiger partial charge >= 0.3 is 11.9 Å². The number of quaternary nitrogens is 1. The number of ether oxygens (including phenoxy) is 2. The van der Waals surface area contributed by atoms with Crippen molar-refractivity contribution >= 4 is 19.8 Å². The SMILES string of the molecule is CC/C=C\C/C=C\C/C=C\CCCCCCCC(=O)OC[C@H](COP(=O)([O-])OCC[N+](C)(C)C)OC(=O)CCCCCCCCC/C=C\CCCCCC. The van der Waals surface area contributed by atoms with Gasteiger partial charge in [-0.1, -0.05) is 133 Å². The molecule has 0 radical (unpaired) electrons. The molecule has 1 unspecified atom stereocenters. The quantitative estimate of drug-likeness (QED) is 0.0200. The Morgan fingerprint density at radius 2 is 1.06 bits per heavy atom. The number of carbonyl (C=O) groups excluding carboxylic acids is 2. The van der Waals surface area contributed by atoms with Crippen molar-refractivity contribution in [3.8, 4) is 0 Å². The molecule has 0 aliphatic rings. The van der Waals surface area contributed by atoms with Gasteiger partial charge in [-0.15, -0.1) is 0 Å². The van der Waals surface area contributed by atoms with E-state index in [2.05, 4.69) is 62.5 Å². The molecular weight excluding hydrogens is 701 g/mol. The Labute approximate surface area is 331 Å². The van der Waals surface area contributed by atoms with Crippen LogP contribution in [0.5, 0.6) is 0 Å². The first-order chi connectivity index (χ1) is 26.0. The van der Waals surface area contributed by atoms with Crippen molar-refractivity contribution in [1.29, 1.82) is 0 Å². The average Bonchev–Trinajstić information content (AvgIpc) is 3.12. The van der Waals surface area contributed by atoms with E-state index in [1.807, 2.05) is 21.1 Å². The lowest BCUT2D eigenvalue weighted by molar-refractivity contribution is -0.870. The Morgan fingerprint density at radius 3 is 1.59 bits per heavy atom. The highest BCUT2D eigenvalue weighted by atomic mass is 31.2. The molecule has 0 rings (SSSR count). The number of hydrogen-bond acceptors (Lipinski definition) is 8. The van der Waals surface area contributed by atoms with Crippen molar-refractivity contribution < 1.29 is 42.1 Å². The topological polar surface area (TPSA) is 111 Å². The number of unbranched alkanes of at least 4 members (excludes halogenated alkanes) is 16. The van der Waals surface area contributed by atoms with Crippen LogP contribution in [0.15, 0.2) is 48.6 Å². The molecule has 0 amide bonds. The molecule has 0 spiro atoms. The molecule has 0 saturated heterocycles. The first-order valence-corrected chi connectivity index (χ1v) is 22.8. The number of allylic oxidation sites excluding steroid dienone is 8. The first kappa shape index (κ1) is 52.0. The van der Waals surface area contributed by atoms with Crippen LogP contribution in [-0.2, 0) is 32.7 Å². The smallest absolute Gasteiger partial charge is 0.306 e. The van der Waals surface area contributed by atoms with E-state index in [0.717, 1.165) is 77.0 Å². The number of esters is 2. The number of carbonyl (C=O) groups is 2. The van der Waals surface area contributed by atoms with Crippen LogP contribution in [0.2, 0.25) is 0 Å². The highest BCUT2D eigenvalue weighted by Crippen LogP contribution is 2.38. The molecule has 314 valence electrons. The minimum atomic E-state index is -4.63. The van der Waals surface area contributed by atoms with E-state index in [9.17, 15) is 19.0 Å². The van der Waals surface area contributed by atoms with E-state index in [0.29, 0.717) is 23.9 Å². The maximum atomic E-state index is 12.7. The Bertz CT molecular complexity index is 1070. The van der Waals surface area contributed by atoms with Crippen LogP contribution < -0.4 is 4.89 Å². The van der Waals surface area contributed by atoms with Gasteiger partial charge < -0.3 is 27.9 Å². The van der Waals surface area contributed by atoms with Crippen molar-refractivity contribution in [2.24, 2.45) is 0 Å². The summed E-state index contributed by atoms with van der Waals surface area (Å²) in [4.78, 5) is 37.5. The summed E-state index contributed by atoms with van der Waals surface area (Å²) in [6.45, 7) is 4.07. The molecule has 0 saturated carbocycles. The summed E-state index contributed by atoms with van der Waals surface area (Å²) < 4.78 is 33.8. The van der Waals surface area contributed by atoms with Crippen LogP contribution in [0.3, 0.4) is 0 Å². The maximum Gasteiger partial charge on any atom is 0.306 e. The predicted octanol–water partition coefficient (Wildman–Crippen LogP) is 11.3. The monoisotopic (exact) mass is 782 g/mol. The summed E-state index contributed by atoms with van der Waals surface area (Å²) in [5.74, 6) is -0.862. The summed E-state index contributed by atoms with van der Waals surface area (Å²) in [5, 5.41) is 0. The van der Waals surface area contributed by atoms with Gasteiger partial charge in [0.1, 0.15) is 19.8 Å². The molecule has 0 aromatic heterocycles. The maximum absolute atomic E-state index is 12.7. The van der Waals surface area contributed by atoms with Crippen molar-refractivity contribution in [2.75, 3.05) is 47.5 Å². The van der Waals surface area contributed by atoms with E-state index >= 15 is 0 Å². The largest absolute Gasteiger partial charge is 0.756 e. The Balaban J connectivity index is 4.41. The second-order valence-corrected chi connectivity index (χ2v) is 16.7. The molecule has 0 N–H and O–H groups in total. The van der Waals surface area contributed by atoms with Gasteiger partial charge in [0, 0.05) is 12.8 Å². The minimum Gasteiger partial charge on any atom is -0.756 e. The normalized spacial score (nSPS) is 14.1. The van der Waals surface area contributed by atoms with Crippen LogP contribution in [0, 0.1) is 0 Å². The predicted molar refractivity (Wildman–Crippen MR) is 222 cm³/mol. The second kappa shape index (κ2) is 36.6. The molecule has 2 atom stereocenters. The van der Waals surface area contributed by atoms with E-state index in [1.54, 1.807) is 0 Å². The summed E-state index contributed by atoms with van der Waals surface area (Å²) >= 11 is 0. The zero-order chi connectivity index (χ0) is 40.0. The fourth-order valence-electron chi connectivity index (χ4n) is 5.49. The Kier molecular flexibility index (Phi) is 35.2. The van der Waals surface area contributed by atoms with Gasteiger partial charge in [-0.25, -0.2) is 0 Å². The zero-order valence-corrected chi connectivity index (χ0v) is 36.0. The average molecular weight is 782 g/mol. The first-order valence-electron chi connectivity index (χ1n) is 21.3. The van der Waals surface area contributed by atoms with Crippen LogP contribution in [0.4, 0.5) is 0 Å². The molecule has 0 aromatic rings. The van der Waals surface area contributed by atoms with Gasteiger partial charge in [0.25, 0.3) is 7.82 Å². The Hall–Kier alpha value is -2.03. The van der Waals surface area contributed by atoms with Gasteiger partial charge in [0.2, 0.25) is 0 Å². The molecule has 0 aliphatic heterocycles. The number of rotatable bonds is 38. The van der Waals surface area contributed by atoms with E-state index in [1.165, 1.54) is 51.4 Å². The van der Waals surface area contributed by atoms with Gasteiger partial charge in [-0.05, 0) is 70.6 Å². The third kappa shape index (κ3) is 39.7. The summed E-state index contributed by atoms with van der Waals surface area (Å²) in [7, 11) is 1.15. The number of likely N-dealkylation sites (N-methyl/N-ethyl adjacent to an activating group) is 1. The molecule has 54 heavy (non-hydrogen) atoms. The third-order valence-electron chi connectivity index (χ3n) is 8.83. The standard InChI is InChI=1S/C44H80NO8P/c1-6-8-10-12-14-16-18-20-22-24-26-28-30-32-34-36-43(46)50-40-42(41-52-54(48,49)51-39-38-45(3,4)5)53-44(47)37-35-33-31-29-27-25-23-21-19-17-15-13-11-9-7-2/h8,10,14,16-17,19-20,22,42H,6-7,9,11-13,15,18,21,23-41H2,1-5H3/b10-8-,16-14-,19-17-,22-20-/t42-/m1/s1. The summed E-state index contributed by atoms with van der Waals surface area (Å²) in [6, 6.07) is 0. The van der Waals surface area contributed by atoms with Gasteiger partial charge in [0.05, 0.1) is 27.7 Å². The van der Waals surface area contributed by atoms with Gasteiger partial charge in [0.15, 0.2) is 6.10 Å². The lowest BCUT2D eigenvalue weighted by atomic mass is 10.1. The Morgan fingerprint density at radius 1 is 0.593 bits per heavy atom. The fraction of sp³-hybridized carbons (Fsp3) is 0.773. The molecular formula is C44H80NO8P. The van der Waals surface area contributed by atoms with E-state index in [4.69, 9.17) is 18.5 Å². The molecule has 0 aliphatic carbocycles. The summed E-state index contributed by atoms with van der Waals surface area (Å²) in [6.07, 6.45) is 41.3. The molecule has 0 bridgehead atoms. The van der Waals surface area contributed by atoms with Crippen molar-refractivity contribution in [3.05, 3.63) is 48.6 Å². The zero-order valence-electron chi connectivity index (χ0n) is 35.2. The van der Waals surface area contributed by atoms with Crippen molar-refractivity contribution in [3.63, 3.8) is 0 Å². The molecule has 9 nitrogen and oxygen atoms in total. The molecule has 0 heterocycles. The van der Waals surface area contributed by atoms with E-state index in [-0.39, 0.29) is 26.1 Å². The highest BCUT2D eigenvalue weighted by Gasteiger charge is 2.21. The van der Waals surface area contributed by atoms with Crippen LogP contribution in [0.25, 0.3) is 0 Å². The number of hydrogen-bond donors (Lipinski definition) is 0. The van der Waals surface area contributed by atoms with Crippen LogP contribution >= 0.6 is 7.82 Å². The van der Waals surface area contributed by atoms with Crippen LogP contribution in [0.1, 0.15) is 168 Å². The second-order valence-electron chi connectivity index (χ2n) is 15.3. The van der Waals surface area contributed by atoms with E-state index < -0.39 is 32.5 Å². The molecule has 0 aromatic carbocycles. The van der Waals surface area contributed by atoms with Crippen LogP contribution in [-0.4, -0.2) is 70.0 Å². The number of nitrogens with zero attached hydrogens (tertiary/aromatic N) is 1. The van der Waals surface area contributed by atoms with Gasteiger partial charge in [-0.3, -0.25) is 14.2 Å². The van der Waals surface area contributed by atoms with Crippen molar-refractivity contribution in [2.45, 2.75) is 174 Å². The number of phosphoric ester groups is 1. The fourth-order valence-corrected chi connectivity index (χ4v) is 6.21. The van der Waals surface area contributed by atoms with Gasteiger partial charge in [-0.2, -0.15) is 0 Å². The molecule has 10 heteroatoms. The summed E-state index contributed by atoms with van der Waals surface area (Å²) in [5.41, 5.74) is 0. The highest BCUT2D eigenvalue weighted by molar-refractivity contribution is 7.45. The lowest BCUT2D eigenvalue weighted by Gasteiger charge is -2.28. The number of phosphoric acid groups is 1.